The Labute approximate surface area is 113 Å². The summed E-state index contributed by atoms with van der Waals surface area (Å²) in [7, 11) is -2.72. The summed E-state index contributed by atoms with van der Waals surface area (Å²) in [5.74, 6) is 0. The van der Waals surface area contributed by atoms with Crippen molar-refractivity contribution < 1.29 is 9.67 Å². The molecule has 0 aliphatic carbocycles. The van der Waals surface area contributed by atoms with E-state index in [1.54, 1.807) is 0 Å². The Hall–Kier alpha value is -1.57. The highest BCUT2D eigenvalue weighted by Crippen LogP contribution is 2.44. The van der Waals surface area contributed by atoms with Crippen LogP contribution in [-0.2, 0) is 4.57 Å². The molecular weight excluding hydrogens is 257 g/mol. The molecule has 19 heavy (non-hydrogen) atoms. The Morgan fingerprint density at radius 2 is 1.53 bits per heavy atom. The zero-order valence-electron chi connectivity index (χ0n) is 10.7. The van der Waals surface area contributed by atoms with E-state index in [0.29, 0.717) is 12.6 Å². The lowest BCUT2D eigenvalue weighted by Gasteiger charge is -2.21. The average molecular weight is 275 g/mol. The number of rotatable bonds is 6. The van der Waals surface area contributed by atoms with Crippen LogP contribution in [0.3, 0.4) is 0 Å². The summed E-state index contributed by atoms with van der Waals surface area (Å²) in [6.07, 6.45) is 0.967. The van der Waals surface area contributed by atoms with Gasteiger partial charge in [-0.15, -0.1) is 0 Å². The Morgan fingerprint density at radius 1 is 0.947 bits per heavy atom. The molecule has 3 nitrogen and oxygen atoms in total. The van der Waals surface area contributed by atoms with Crippen LogP contribution in [0.25, 0.3) is 0 Å². The van der Waals surface area contributed by atoms with E-state index in [4.69, 9.17) is 5.11 Å². The minimum absolute atomic E-state index is 0.0489. The van der Waals surface area contributed by atoms with Gasteiger partial charge in [0.15, 0.2) is 7.29 Å². The molecule has 2 rings (SSSR count). The normalized spacial score (nSPS) is 13.7. The Bertz CT molecular complexity index is 543. The summed E-state index contributed by atoms with van der Waals surface area (Å²) in [6, 6.07) is 18.9. The van der Waals surface area contributed by atoms with Gasteiger partial charge in [0.1, 0.15) is 0 Å². The van der Waals surface area contributed by atoms with Crippen molar-refractivity contribution in [2.45, 2.75) is 6.42 Å². The molecule has 0 fully saturated rings. The van der Waals surface area contributed by atoms with Gasteiger partial charge in [-0.25, -0.2) is 0 Å². The van der Waals surface area contributed by atoms with Gasteiger partial charge in [-0.3, -0.25) is 4.57 Å². The van der Waals surface area contributed by atoms with Crippen LogP contribution in [-0.4, -0.2) is 17.9 Å². The van der Waals surface area contributed by atoms with Gasteiger partial charge in [-0.2, -0.15) is 0 Å². The molecule has 0 aliphatic heterocycles. The SMILES string of the molecule is O=P(CCCO)(Nc1ccccc1)c1ccccc1. The monoisotopic (exact) mass is 275 g/mol. The Kier molecular flexibility index (Phi) is 4.78. The largest absolute Gasteiger partial charge is 0.396 e. The van der Waals surface area contributed by atoms with Crippen LogP contribution >= 0.6 is 7.29 Å². The summed E-state index contributed by atoms with van der Waals surface area (Å²) in [5.41, 5.74) is 0.840. The van der Waals surface area contributed by atoms with E-state index in [0.717, 1.165) is 11.0 Å². The number of hydrogen-bond acceptors (Lipinski definition) is 2. The Balaban J connectivity index is 2.27. The molecule has 0 spiro atoms. The third kappa shape index (κ3) is 3.69. The van der Waals surface area contributed by atoms with Gasteiger partial charge in [-0.1, -0.05) is 36.4 Å². The fourth-order valence-electron chi connectivity index (χ4n) is 1.93. The number of nitrogens with one attached hydrogen (secondary N) is 1. The number of anilines is 1. The summed E-state index contributed by atoms with van der Waals surface area (Å²) < 4.78 is 13.1. The molecule has 1 atom stereocenters. The smallest absolute Gasteiger partial charge is 0.198 e. The van der Waals surface area contributed by atoms with Gasteiger partial charge in [0.25, 0.3) is 0 Å². The summed E-state index contributed by atoms with van der Waals surface area (Å²) in [4.78, 5) is 0. The third-order valence-electron chi connectivity index (χ3n) is 2.89. The number of para-hydroxylation sites is 1. The van der Waals surface area contributed by atoms with Gasteiger partial charge in [-0.05, 0) is 30.7 Å². The molecule has 100 valence electrons. The van der Waals surface area contributed by atoms with Gasteiger partial charge in [0.05, 0.1) is 0 Å². The molecular formula is C15H18NO2P. The summed E-state index contributed by atoms with van der Waals surface area (Å²) in [5, 5.41) is 12.9. The first-order valence-electron chi connectivity index (χ1n) is 6.33. The second-order valence-electron chi connectivity index (χ2n) is 4.35. The molecule has 4 heteroatoms. The zero-order valence-corrected chi connectivity index (χ0v) is 11.6. The molecule has 0 heterocycles. The minimum Gasteiger partial charge on any atom is -0.396 e. The minimum atomic E-state index is -2.72. The lowest BCUT2D eigenvalue weighted by atomic mass is 10.3. The van der Waals surface area contributed by atoms with Crippen LogP contribution in [0.5, 0.6) is 0 Å². The van der Waals surface area contributed by atoms with E-state index < -0.39 is 7.29 Å². The van der Waals surface area contributed by atoms with E-state index in [9.17, 15) is 4.57 Å². The average Bonchev–Trinajstić information content (AvgIpc) is 2.47. The van der Waals surface area contributed by atoms with Crippen LogP contribution in [0.1, 0.15) is 6.42 Å². The number of benzene rings is 2. The second kappa shape index (κ2) is 6.55. The second-order valence-corrected chi connectivity index (χ2v) is 7.02. The van der Waals surface area contributed by atoms with Gasteiger partial charge >= 0.3 is 0 Å². The maximum Gasteiger partial charge on any atom is 0.198 e. The van der Waals surface area contributed by atoms with Crippen molar-refractivity contribution in [3.05, 3.63) is 60.7 Å². The fourth-order valence-corrected chi connectivity index (χ4v) is 4.24. The van der Waals surface area contributed by atoms with Crippen molar-refractivity contribution in [2.75, 3.05) is 17.9 Å². The van der Waals surface area contributed by atoms with E-state index in [-0.39, 0.29) is 6.61 Å². The van der Waals surface area contributed by atoms with Gasteiger partial charge < -0.3 is 10.2 Å². The summed E-state index contributed by atoms with van der Waals surface area (Å²) >= 11 is 0. The molecule has 0 saturated heterocycles. The number of aliphatic hydroxyl groups excluding tert-OH is 1. The molecule has 1 unspecified atom stereocenters. The third-order valence-corrected chi connectivity index (χ3v) is 5.59. The predicted molar refractivity (Wildman–Crippen MR) is 80.3 cm³/mol. The first kappa shape index (κ1) is 13.9. The maximum atomic E-state index is 13.1. The van der Waals surface area contributed by atoms with Crippen molar-refractivity contribution in [3.63, 3.8) is 0 Å². The van der Waals surface area contributed by atoms with Gasteiger partial charge in [0, 0.05) is 23.8 Å². The molecule has 2 N–H and O–H groups in total. The molecule has 0 aliphatic rings. The van der Waals surface area contributed by atoms with Gasteiger partial charge in [0.2, 0.25) is 0 Å². The van der Waals surface area contributed by atoms with Crippen molar-refractivity contribution in [2.24, 2.45) is 0 Å². The van der Waals surface area contributed by atoms with Crippen LogP contribution in [0.15, 0.2) is 60.7 Å². The lowest BCUT2D eigenvalue weighted by Crippen LogP contribution is -2.15. The first-order valence-corrected chi connectivity index (χ1v) is 8.23. The van der Waals surface area contributed by atoms with Crippen LogP contribution in [0.4, 0.5) is 5.69 Å². The molecule has 0 amide bonds. The van der Waals surface area contributed by atoms with Crippen LogP contribution in [0, 0.1) is 0 Å². The van der Waals surface area contributed by atoms with Crippen molar-refractivity contribution in [3.8, 4) is 0 Å². The van der Waals surface area contributed by atoms with Crippen LogP contribution in [0.2, 0.25) is 0 Å². The predicted octanol–water partition coefficient (Wildman–Crippen LogP) is 3.08. The summed E-state index contributed by atoms with van der Waals surface area (Å²) in [6.45, 7) is 0.0489. The van der Waals surface area contributed by atoms with E-state index >= 15 is 0 Å². The first-order chi connectivity index (χ1) is 9.24. The van der Waals surface area contributed by atoms with Crippen molar-refractivity contribution >= 4 is 18.3 Å². The highest BCUT2D eigenvalue weighted by Gasteiger charge is 2.23. The number of hydrogen-bond donors (Lipinski definition) is 2. The molecule has 2 aromatic carbocycles. The maximum absolute atomic E-state index is 13.1. The Morgan fingerprint density at radius 3 is 2.11 bits per heavy atom. The molecule has 2 aromatic rings. The molecule has 0 aromatic heterocycles. The number of aliphatic hydroxyl groups is 1. The zero-order chi connectivity index (χ0) is 13.6. The van der Waals surface area contributed by atoms with Crippen molar-refractivity contribution in [1.29, 1.82) is 0 Å². The molecule has 0 saturated carbocycles. The molecule has 0 bridgehead atoms. The standard InChI is InChI=1S/C15H18NO2P/c17-12-7-13-19(18,15-10-5-2-6-11-15)16-14-8-3-1-4-9-14/h1-6,8-11,17H,7,12-13H2,(H,16,18). The fraction of sp³-hybridized carbons (Fsp3) is 0.200. The quantitative estimate of drug-likeness (QED) is 0.796. The van der Waals surface area contributed by atoms with E-state index in [1.807, 2.05) is 60.7 Å². The molecule has 0 radical (unpaired) electrons. The van der Waals surface area contributed by atoms with Crippen LogP contribution < -0.4 is 10.4 Å². The highest BCUT2D eigenvalue weighted by molar-refractivity contribution is 7.73. The van der Waals surface area contributed by atoms with E-state index in [2.05, 4.69) is 5.09 Å². The topological polar surface area (TPSA) is 49.3 Å². The highest BCUT2D eigenvalue weighted by atomic mass is 31.2. The van der Waals surface area contributed by atoms with E-state index in [1.165, 1.54) is 0 Å². The lowest BCUT2D eigenvalue weighted by molar-refractivity contribution is 0.295. The van der Waals surface area contributed by atoms with Crippen molar-refractivity contribution in [1.82, 2.24) is 0 Å².